The summed E-state index contributed by atoms with van der Waals surface area (Å²) in [5.74, 6) is 0.174. The molecule has 0 aromatic carbocycles. The van der Waals surface area contributed by atoms with Crippen molar-refractivity contribution in [1.29, 1.82) is 0 Å². The van der Waals surface area contributed by atoms with Crippen LogP contribution in [-0.4, -0.2) is 59.9 Å². The Kier molecular flexibility index (Phi) is 10.8. The van der Waals surface area contributed by atoms with Crippen molar-refractivity contribution in [2.24, 2.45) is 0 Å². The normalized spacial score (nSPS) is 11.9. The lowest BCUT2D eigenvalue weighted by Gasteiger charge is -2.06. The van der Waals surface area contributed by atoms with E-state index < -0.39 is 9.84 Å². The van der Waals surface area contributed by atoms with Gasteiger partial charge in [0.1, 0.15) is 9.84 Å². The second-order valence-corrected chi connectivity index (χ2v) is 6.22. The zero-order valence-electron chi connectivity index (χ0n) is 10.9. The topological polar surface area (TPSA) is 64.6 Å². The molecule has 0 radical (unpaired) electrons. The van der Waals surface area contributed by atoms with Gasteiger partial charge in [0.2, 0.25) is 0 Å². The Morgan fingerprint density at radius 2 is 1.65 bits per heavy atom. The largest absolute Gasteiger partial charge is 0.379 e. The van der Waals surface area contributed by atoms with Gasteiger partial charge >= 0.3 is 0 Å². The molecule has 0 fully saturated rings. The van der Waals surface area contributed by atoms with E-state index in [0.29, 0.717) is 32.9 Å². The van der Waals surface area contributed by atoms with Gasteiger partial charge in [0.25, 0.3) is 0 Å². The van der Waals surface area contributed by atoms with Crippen molar-refractivity contribution in [3.8, 4) is 0 Å². The van der Waals surface area contributed by atoms with Gasteiger partial charge < -0.3 is 14.8 Å². The molecule has 0 aromatic rings. The number of rotatable bonds is 12. The van der Waals surface area contributed by atoms with Crippen molar-refractivity contribution in [3.63, 3.8) is 0 Å². The van der Waals surface area contributed by atoms with Gasteiger partial charge in [-0.1, -0.05) is 13.3 Å². The van der Waals surface area contributed by atoms with Gasteiger partial charge in [-0.15, -0.1) is 0 Å². The molecule has 104 valence electrons. The van der Waals surface area contributed by atoms with Crippen molar-refractivity contribution in [3.05, 3.63) is 0 Å². The number of ether oxygens (including phenoxy) is 2. The molecule has 0 heterocycles. The van der Waals surface area contributed by atoms with Crippen LogP contribution in [0.2, 0.25) is 0 Å². The molecular formula is C11H25NO4S. The van der Waals surface area contributed by atoms with Gasteiger partial charge in [-0.3, -0.25) is 0 Å². The number of hydrogen-bond donors (Lipinski definition) is 1. The maximum Gasteiger partial charge on any atom is 0.148 e. The minimum atomic E-state index is -2.86. The molecule has 0 aliphatic carbocycles. The molecule has 0 unspecified atom stereocenters. The van der Waals surface area contributed by atoms with Crippen LogP contribution in [0.4, 0.5) is 0 Å². The average Bonchev–Trinajstić information content (AvgIpc) is 2.24. The first-order valence-electron chi connectivity index (χ1n) is 6.10. The highest BCUT2D eigenvalue weighted by Crippen LogP contribution is 1.87. The van der Waals surface area contributed by atoms with E-state index in [1.54, 1.807) is 0 Å². The predicted molar refractivity (Wildman–Crippen MR) is 69.1 cm³/mol. The third kappa shape index (κ3) is 15.8. The molecule has 0 saturated carbocycles. The summed E-state index contributed by atoms with van der Waals surface area (Å²) >= 11 is 0. The maximum atomic E-state index is 10.8. The van der Waals surface area contributed by atoms with Gasteiger partial charge in [-0.05, 0) is 6.42 Å². The molecule has 0 bridgehead atoms. The third-order valence-electron chi connectivity index (χ3n) is 2.09. The molecule has 0 spiro atoms. The first-order chi connectivity index (χ1) is 8.06. The first kappa shape index (κ1) is 16.8. The van der Waals surface area contributed by atoms with E-state index in [0.717, 1.165) is 19.4 Å². The van der Waals surface area contributed by atoms with Crippen LogP contribution in [0.15, 0.2) is 0 Å². The van der Waals surface area contributed by atoms with Crippen LogP contribution < -0.4 is 5.32 Å². The number of unbranched alkanes of at least 4 members (excludes halogenated alkanes) is 1. The smallest absolute Gasteiger partial charge is 0.148 e. The summed E-state index contributed by atoms with van der Waals surface area (Å²) in [4.78, 5) is 0. The summed E-state index contributed by atoms with van der Waals surface area (Å²) in [6.07, 6.45) is 3.47. The molecule has 1 N–H and O–H groups in total. The summed E-state index contributed by atoms with van der Waals surface area (Å²) in [6.45, 7) is 5.88. The van der Waals surface area contributed by atoms with E-state index in [1.165, 1.54) is 6.26 Å². The quantitative estimate of drug-likeness (QED) is 0.520. The van der Waals surface area contributed by atoms with Crippen molar-refractivity contribution < 1.29 is 17.9 Å². The molecule has 0 atom stereocenters. The van der Waals surface area contributed by atoms with E-state index in [9.17, 15) is 8.42 Å². The van der Waals surface area contributed by atoms with Gasteiger partial charge in [-0.25, -0.2) is 8.42 Å². The van der Waals surface area contributed by atoms with Gasteiger partial charge in [0.05, 0.1) is 25.6 Å². The number of sulfone groups is 1. The lowest BCUT2D eigenvalue weighted by Crippen LogP contribution is -2.26. The summed E-state index contributed by atoms with van der Waals surface area (Å²) in [5.41, 5.74) is 0. The van der Waals surface area contributed by atoms with Crippen LogP contribution in [0.3, 0.4) is 0 Å². The van der Waals surface area contributed by atoms with Crippen molar-refractivity contribution >= 4 is 9.84 Å². The molecule has 5 nitrogen and oxygen atoms in total. The summed E-state index contributed by atoms with van der Waals surface area (Å²) in [6, 6.07) is 0. The Bertz CT molecular complexity index is 254. The van der Waals surface area contributed by atoms with Gasteiger partial charge in [-0.2, -0.15) is 0 Å². The summed E-state index contributed by atoms with van der Waals surface area (Å²) < 4.78 is 32.2. The van der Waals surface area contributed by atoms with E-state index in [-0.39, 0.29) is 5.75 Å². The Balaban J connectivity index is 3.04. The van der Waals surface area contributed by atoms with E-state index in [1.807, 2.05) is 0 Å². The summed E-state index contributed by atoms with van der Waals surface area (Å²) in [5, 5.41) is 3.01. The first-order valence-corrected chi connectivity index (χ1v) is 8.16. The fourth-order valence-corrected chi connectivity index (χ4v) is 1.61. The zero-order chi connectivity index (χ0) is 13.0. The zero-order valence-corrected chi connectivity index (χ0v) is 11.7. The monoisotopic (exact) mass is 267 g/mol. The minimum Gasteiger partial charge on any atom is -0.379 e. The lowest BCUT2D eigenvalue weighted by atomic mass is 10.4. The van der Waals surface area contributed by atoms with Crippen molar-refractivity contribution in [2.45, 2.75) is 19.8 Å². The van der Waals surface area contributed by atoms with Crippen LogP contribution in [-0.2, 0) is 19.3 Å². The number of hydrogen-bond acceptors (Lipinski definition) is 5. The van der Waals surface area contributed by atoms with E-state index in [2.05, 4.69) is 12.2 Å². The van der Waals surface area contributed by atoms with Gasteiger partial charge in [0, 0.05) is 26.0 Å². The fraction of sp³-hybridized carbons (Fsp3) is 1.00. The van der Waals surface area contributed by atoms with E-state index >= 15 is 0 Å². The maximum absolute atomic E-state index is 10.8. The Hall–Kier alpha value is -0.170. The van der Waals surface area contributed by atoms with Crippen molar-refractivity contribution in [2.75, 3.05) is 51.5 Å². The summed E-state index contributed by atoms with van der Waals surface area (Å²) in [7, 11) is -2.86. The molecule has 0 aromatic heterocycles. The molecule has 0 rings (SSSR count). The highest BCUT2D eigenvalue weighted by Gasteiger charge is 1.99. The van der Waals surface area contributed by atoms with Crippen LogP contribution in [0, 0.1) is 0 Å². The second kappa shape index (κ2) is 11.0. The predicted octanol–water partition coefficient (Wildman–Crippen LogP) is 0.454. The fourth-order valence-electron chi connectivity index (χ4n) is 1.10. The molecule has 0 saturated heterocycles. The SMILES string of the molecule is CCCCOCCOCCNCCS(C)(=O)=O. The van der Waals surface area contributed by atoms with Crippen molar-refractivity contribution in [1.82, 2.24) is 5.32 Å². The Morgan fingerprint density at radius 3 is 2.24 bits per heavy atom. The molecule has 0 aliphatic heterocycles. The van der Waals surface area contributed by atoms with E-state index in [4.69, 9.17) is 9.47 Å². The lowest BCUT2D eigenvalue weighted by molar-refractivity contribution is 0.0479. The molecule has 0 aliphatic rings. The minimum absolute atomic E-state index is 0.174. The molecule has 0 amide bonds. The second-order valence-electron chi connectivity index (χ2n) is 3.96. The highest BCUT2D eigenvalue weighted by atomic mass is 32.2. The Morgan fingerprint density at radius 1 is 1.00 bits per heavy atom. The molecular weight excluding hydrogens is 242 g/mol. The van der Waals surface area contributed by atoms with Crippen LogP contribution >= 0.6 is 0 Å². The molecule has 17 heavy (non-hydrogen) atoms. The Labute approximate surface area is 105 Å². The average molecular weight is 267 g/mol. The molecule has 6 heteroatoms. The van der Waals surface area contributed by atoms with Crippen LogP contribution in [0.25, 0.3) is 0 Å². The third-order valence-corrected chi connectivity index (χ3v) is 3.03. The highest BCUT2D eigenvalue weighted by molar-refractivity contribution is 7.90. The standard InChI is InChI=1S/C11H25NO4S/c1-3-4-7-15-9-10-16-8-5-12-6-11-17(2,13)14/h12H,3-11H2,1-2H3. The van der Waals surface area contributed by atoms with Crippen LogP contribution in [0.1, 0.15) is 19.8 Å². The van der Waals surface area contributed by atoms with Crippen LogP contribution in [0.5, 0.6) is 0 Å². The van der Waals surface area contributed by atoms with Gasteiger partial charge in [0.15, 0.2) is 0 Å². The number of nitrogens with one attached hydrogen (secondary N) is 1.